The lowest BCUT2D eigenvalue weighted by Crippen LogP contribution is -1.63. The van der Waals surface area contributed by atoms with Crippen LogP contribution < -0.4 is 4.74 Å². The Morgan fingerprint density at radius 3 is 2.90 bits per heavy atom. The van der Waals surface area contributed by atoms with Crippen molar-refractivity contribution in [3.63, 3.8) is 0 Å². The molecule has 0 aliphatic carbocycles. The highest BCUT2D eigenvalue weighted by molar-refractivity contribution is 5.71. The summed E-state index contributed by atoms with van der Waals surface area (Å²) >= 11 is 0. The van der Waals surface area contributed by atoms with Crippen LogP contribution in [-0.2, 0) is 0 Å². The first-order valence-electron chi connectivity index (χ1n) is 3.27. The van der Waals surface area contributed by atoms with Crippen LogP contribution in [0.1, 0.15) is 11.1 Å². The molecule has 1 aliphatic rings. The van der Waals surface area contributed by atoms with Gasteiger partial charge in [0.2, 0.25) is 0 Å². The molecule has 0 radical (unpaired) electrons. The summed E-state index contributed by atoms with van der Waals surface area (Å²) in [5.74, 6) is 2.05. The van der Waals surface area contributed by atoms with E-state index < -0.39 is 0 Å². The molecule has 0 aromatic heterocycles. The van der Waals surface area contributed by atoms with Gasteiger partial charge in [-0.15, -0.1) is 0 Å². The van der Waals surface area contributed by atoms with Crippen LogP contribution in [0, 0.1) is 6.92 Å². The molecule has 1 heteroatoms. The van der Waals surface area contributed by atoms with E-state index in [2.05, 4.69) is 6.58 Å². The number of aryl methyl sites for hydroxylation is 1. The lowest BCUT2D eigenvalue weighted by molar-refractivity contribution is 0.646. The summed E-state index contributed by atoms with van der Waals surface area (Å²) in [6.07, 6.45) is 1.81. The summed E-state index contributed by atoms with van der Waals surface area (Å²) in [6.45, 7) is 5.72. The monoisotopic (exact) mass is 132 g/mol. The molecule has 0 amide bonds. The molecule has 1 aromatic rings. The van der Waals surface area contributed by atoms with E-state index in [-0.39, 0.29) is 0 Å². The Morgan fingerprint density at radius 1 is 1.40 bits per heavy atom. The molecule has 0 N–H and O–H groups in total. The molecule has 0 fully saturated rings. The maximum Gasteiger partial charge on any atom is 0.177 e. The molecule has 0 bridgehead atoms. The van der Waals surface area contributed by atoms with Crippen LogP contribution >= 0.6 is 0 Å². The van der Waals surface area contributed by atoms with E-state index in [1.165, 1.54) is 5.56 Å². The third kappa shape index (κ3) is 0.574. The average Bonchev–Trinajstić information content (AvgIpc) is 2.68. The van der Waals surface area contributed by atoms with Gasteiger partial charge in [-0.3, -0.25) is 0 Å². The van der Waals surface area contributed by atoms with Crippen LogP contribution in [0.3, 0.4) is 0 Å². The van der Waals surface area contributed by atoms with Crippen LogP contribution in [0.4, 0.5) is 0 Å². The first kappa shape index (κ1) is 5.54. The predicted molar refractivity (Wildman–Crippen MR) is 41.3 cm³/mol. The molecule has 0 spiro atoms. The van der Waals surface area contributed by atoms with Crippen molar-refractivity contribution in [2.45, 2.75) is 6.92 Å². The molecule has 10 heavy (non-hydrogen) atoms. The molecular formula is C9H8O. The molecule has 0 saturated heterocycles. The van der Waals surface area contributed by atoms with E-state index in [4.69, 9.17) is 4.74 Å². The highest BCUT2D eigenvalue weighted by Crippen LogP contribution is 2.50. The Kier molecular flexibility index (Phi) is 0.901. The molecule has 1 nitrogen and oxygen atoms in total. The normalized spacial score (nSPS) is 11.7. The van der Waals surface area contributed by atoms with Crippen molar-refractivity contribution in [3.8, 4) is 11.5 Å². The van der Waals surface area contributed by atoms with Gasteiger partial charge < -0.3 is 4.74 Å². The van der Waals surface area contributed by atoms with Crippen LogP contribution in [0.5, 0.6) is 11.5 Å². The lowest BCUT2D eigenvalue weighted by atomic mass is 10.2. The van der Waals surface area contributed by atoms with Crippen molar-refractivity contribution in [1.82, 2.24) is 0 Å². The first-order chi connectivity index (χ1) is 4.83. The number of hydrogen-bond acceptors (Lipinski definition) is 1. The van der Waals surface area contributed by atoms with Crippen LogP contribution in [0.2, 0.25) is 0 Å². The van der Waals surface area contributed by atoms with Crippen LogP contribution in [0.15, 0.2) is 18.7 Å². The van der Waals surface area contributed by atoms with Crippen molar-refractivity contribution in [3.05, 3.63) is 29.8 Å². The van der Waals surface area contributed by atoms with Crippen molar-refractivity contribution in [1.29, 1.82) is 0 Å². The highest BCUT2D eigenvalue weighted by Gasteiger charge is 2.24. The molecular weight excluding hydrogens is 124 g/mol. The molecule has 2 rings (SSSR count). The highest BCUT2D eigenvalue weighted by atomic mass is 16.6. The number of ether oxygens (including phenoxy) is 1. The summed E-state index contributed by atoms with van der Waals surface area (Å²) in [7, 11) is 0. The Bertz CT molecular complexity index is 300. The van der Waals surface area contributed by atoms with Crippen molar-refractivity contribution < 1.29 is 4.74 Å². The maximum atomic E-state index is 5.22. The predicted octanol–water partition coefficient (Wildman–Crippen LogP) is 2.74. The van der Waals surface area contributed by atoms with Gasteiger partial charge in [-0.1, -0.05) is 24.8 Å². The molecule has 0 unspecified atom stereocenters. The number of fused-ring (bicyclic) bond motifs is 1. The average molecular weight is 132 g/mol. The standard InChI is InChI=1S/C9H8O/c1-3-7-5-4-6(2)8-9(7)10-8/h3-5H,1H2,2H3. The molecule has 1 heterocycles. The maximum absolute atomic E-state index is 5.22. The largest absolute Gasteiger partial charge is 0.449 e. The van der Waals surface area contributed by atoms with Gasteiger partial charge in [0.25, 0.3) is 0 Å². The van der Waals surface area contributed by atoms with E-state index in [0.717, 1.165) is 17.1 Å². The Labute approximate surface area is 59.9 Å². The summed E-state index contributed by atoms with van der Waals surface area (Å²) in [6, 6.07) is 4.07. The van der Waals surface area contributed by atoms with Gasteiger partial charge >= 0.3 is 0 Å². The zero-order chi connectivity index (χ0) is 7.14. The van der Waals surface area contributed by atoms with E-state index >= 15 is 0 Å². The van der Waals surface area contributed by atoms with Crippen LogP contribution in [-0.4, -0.2) is 0 Å². The minimum atomic E-state index is 1.01. The zero-order valence-corrected chi connectivity index (χ0v) is 5.85. The fraction of sp³-hybridized carbons (Fsp3) is 0.111. The Hall–Kier alpha value is -1.24. The second kappa shape index (κ2) is 1.63. The summed E-state index contributed by atoms with van der Waals surface area (Å²) in [5.41, 5.74) is 2.31. The van der Waals surface area contributed by atoms with Crippen LogP contribution in [0.25, 0.3) is 6.08 Å². The van der Waals surface area contributed by atoms with Gasteiger partial charge in [0, 0.05) is 5.56 Å². The third-order valence-electron chi connectivity index (χ3n) is 1.72. The second-order valence-corrected chi connectivity index (χ2v) is 2.44. The number of rotatable bonds is 1. The summed E-state index contributed by atoms with van der Waals surface area (Å²) in [5, 5.41) is 0. The fourth-order valence-corrected chi connectivity index (χ4v) is 1.05. The van der Waals surface area contributed by atoms with E-state index in [0.29, 0.717) is 0 Å². The Balaban J connectivity index is 2.62. The topological polar surface area (TPSA) is 12.5 Å². The molecule has 0 atom stereocenters. The quantitative estimate of drug-likeness (QED) is 0.543. The van der Waals surface area contributed by atoms with Gasteiger partial charge in [0.15, 0.2) is 11.5 Å². The first-order valence-corrected chi connectivity index (χ1v) is 3.27. The minimum absolute atomic E-state index is 1.01. The van der Waals surface area contributed by atoms with Gasteiger partial charge in [0.05, 0.1) is 0 Å². The molecule has 0 saturated carbocycles. The lowest BCUT2D eigenvalue weighted by Gasteiger charge is -1.84. The fourth-order valence-electron chi connectivity index (χ4n) is 1.05. The van der Waals surface area contributed by atoms with Gasteiger partial charge in [-0.2, -0.15) is 0 Å². The SMILES string of the molecule is C=Cc1ccc(C)c2c1O2. The smallest absolute Gasteiger partial charge is 0.177 e. The van der Waals surface area contributed by atoms with E-state index in [1.807, 2.05) is 25.1 Å². The third-order valence-corrected chi connectivity index (χ3v) is 1.72. The van der Waals surface area contributed by atoms with Crippen molar-refractivity contribution in [2.24, 2.45) is 0 Å². The van der Waals surface area contributed by atoms with Gasteiger partial charge in [-0.05, 0) is 12.5 Å². The minimum Gasteiger partial charge on any atom is -0.449 e. The van der Waals surface area contributed by atoms with Crippen molar-refractivity contribution >= 4 is 6.08 Å². The molecule has 1 aliphatic heterocycles. The number of benzene rings is 1. The van der Waals surface area contributed by atoms with Crippen molar-refractivity contribution in [2.75, 3.05) is 0 Å². The Morgan fingerprint density at radius 2 is 2.20 bits per heavy atom. The van der Waals surface area contributed by atoms with E-state index in [9.17, 15) is 0 Å². The zero-order valence-electron chi connectivity index (χ0n) is 5.85. The number of hydrogen-bond donors (Lipinski definition) is 0. The second-order valence-electron chi connectivity index (χ2n) is 2.44. The summed E-state index contributed by atoms with van der Waals surface area (Å²) < 4.78 is 5.22. The summed E-state index contributed by atoms with van der Waals surface area (Å²) in [4.78, 5) is 0. The van der Waals surface area contributed by atoms with E-state index in [1.54, 1.807) is 0 Å². The molecule has 50 valence electrons. The molecule has 1 aromatic carbocycles. The van der Waals surface area contributed by atoms with Gasteiger partial charge in [0.1, 0.15) is 0 Å². The van der Waals surface area contributed by atoms with Gasteiger partial charge in [-0.25, -0.2) is 0 Å².